The number of furan rings is 1. The van der Waals surface area contributed by atoms with Crippen LogP contribution in [0, 0.1) is 10.1 Å². The summed E-state index contributed by atoms with van der Waals surface area (Å²) in [5.41, 5.74) is 1.82. The normalized spacial score (nSPS) is 19.1. The Kier molecular flexibility index (Phi) is 4.99. The van der Waals surface area contributed by atoms with Crippen LogP contribution in [-0.4, -0.2) is 47.6 Å². The van der Waals surface area contributed by atoms with Crippen LogP contribution in [0.3, 0.4) is 0 Å². The first-order valence-electron chi connectivity index (χ1n) is 10.3. The fourth-order valence-corrected chi connectivity index (χ4v) is 4.39. The highest BCUT2D eigenvalue weighted by Gasteiger charge is 2.32. The zero-order valence-electron chi connectivity index (χ0n) is 16.5. The molecule has 2 aliphatic rings. The second-order valence-corrected chi connectivity index (χ2v) is 7.77. The maximum atomic E-state index is 11.9. The van der Waals surface area contributed by atoms with E-state index in [-0.39, 0.29) is 22.2 Å². The van der Waals surface area contributed by atoms with Crippen molar-refractivity contribution in [3.05, 3.63) is 40.3 Å². The van der Waals surface area contributed by atoms with E-state index in [0.717, 1.165) is 56.8 Å². The van der Waals surface area contributed by atoms with Crippen LogP contribution in [-0.2, 0) is 11.3 Å². The van der Waals surface area contributed by atoms with Crippen LogP contribution in [0.15, 0.2) is 33.5 Å². The van der Waals surface area contributed by atoms with E-state index in [1.807, 2.05) is 23.1 Å². The summed E-state index contributed by atoms with van der Waals surface area (Å²) in [5, 5.41) is 19.9. The molecule has 0 N–H and O–H groups in total. The molecule has 4 heterocycles. The molecule has 1 aromatic carbocycles. The van der Waals surface area contributed by atoms with Gasteiger partial charge >= 0.3 is 5.69 Å². The smallest absolute Gasteiger partial charge is 0.323 e. The lowest BCUT2D eigenvalue weighted by molar-refractivity contribution is -0.382. The summed E-state index contributed by atoms with van der Waals surface area (Å²) in [6.07, 6.45) is 5.74. The van der Waals surface area contributed by atoms with E-state index in [2.05, 4.69) is 15.2 Å². The van der Waals surface area contributed by atoms with Gasteiger partial charge in [-0.1, -0.05) is 0 Å². The maximum absolute atomic E-state index is 11.9. The number of hydrogen-bond acceptors (Lipinski definition) is 9. The molecule has 2 fully saturated rings. The van der Waals surface area contributed by atoms with Gasteiger partial charge in [-0.2, -0.15) is 0 Å². The average molecular weight is 413 g/mol. The number of aromatic nitrogens is 2. The van der Waals surface area contributed by atoms with Crippen molar-refractivity contribution >= 4 is 28.1 Å². The van der Waals surface area contributed by atoms with E-state index in [1.54, 1.807) is 6.26 Å². The highest BCUT2D eigenvalue weighted by molar-refractivity contribution is 6.00. The quantitative estimate of drug-likeness (QED) is 0.424. The van der Waals surface area contributed by atoms with Crippen LogP contribution in [0.25, 0.3) is 11.0 Å². The molecule has 3 aromatic rings. The van der Waals surface area contributed by atoms with Gasteiger partial charge in [0.05, 0.1) is 29.5 Å². The Balaban J connectivity index is 1.62. The Morgan fingerprint density at radius 3 is 2.77 bits per heavy atom. The van der Waals surface area contributed by atoms with Gasteiger partial charge in [0.25, 0.3) is 0 Å². The first-order chi connectivity index (χ1) is 14.7. The average Bonchev–Trinajstić information content (AvgIpc) is 3.54. The Labute approximate surface area is 172 Å². The fraction of sp³-hybridized carbons (Fsp3) is 0.500. The van der Waals surface area contributed by atoms with Gasteiger partial charge in [0, 0.05) is 26.2 Å². The van der Waals surface area contributed by atoms with Crippen LogP contribution >= 0.6 is 0 Å². The molecular formula is C20H23N5O5. The summed E-state index contributed by atoms with van der Waals surface area (Å²) in [7, 11) is 0. The molecule has 0 radical (unpaired) electrons. The SMILES string of the molecule is O=[N+]([O-])c1c(N2CCCC2)cc(N(Cc2ccco2)CC2CCCO2)c2nonc12. The first kappa shape index (κ1) is 18.9. The molecule has 0 spiro atoms. The van der Waals surface area contributed by atoms with Gasteiger partial charge in [0.2, 0.25) is 5.52 Å². The zero-order chi connectivity index (χ0) is 20.5. The van der Waals surface area contributed by atoms with Crippen molar-refractivity contribution in [2.75, 3.05) is 36.0 Å². The number of fused-ring (bicyclic) bond motifs is 1. The molecule has 1 unspecified atom stereocenters. The summed E-state index contributed by atoms with van der Waals surface area (Å²) in [4.78, 5) is 15.7. The van der Waals surface area contributed by atoms with Gasteiger partial charge < -0.3 is 19.0 Å². The van der Waals surface area contributed by atoms with E-state index in [4.69, 9.17) is 13.8 Å². The third kappa shape index (κ3) is 3.47. The van der Waals surface area contributed by atoms with E-state index in [9.17, 15) is 10.1 Å². The Hall–Kier alpha value is -3.14. The number of anilines is 2. The molecule has 2 saturated heterocycles. The lowest BCUT2D eigenvalue weighted by atomic mass is 10.1. The molecular weight excluding hydrogens is 390 g/mol. The van der Waals surface area contributed by atoms with Gasteiger partial charge in [-0.15, -0.1) is 0 Å². The summed E-state index contributed by atoms with van der Waals surface area (Å²) >= 11 is 0. The second-order valence-electron chi connectivity index (χ2n) is 7.77. The number of nitrogens with zero attached hydrogens (tertiary/aromatic N) is 5. The number of hydrogen-bond donors (Lipinski definition) is 0. The minimum Gasteiger partial charge on any atom is -0.467 e. The Morgan fingerprint density at radius 1 is 1.23 bits per heavy atom. The Bertz CT molecular complexity index is 1020. The van der Waals surface area contributed by atoms with Gasteiger partial charge in [-0.05, 0) is 54.2 Å². The highest BCUT2D eigenvalue weighted by atomic mass is 16.6. The molecule has 30 heavy (non-hydrogen) atoms. The molecule has 10 nitrogen and oxygen atoms in total. The predicted octanol–water partition coefficient (Wildman–Crippen LogP) is 3.51. The molecule has 2 aromatic heterocycles. The monoisotopic (exact) mass is 413 g/mol. The number of rotatable bonds is 7. The molecule has 158 valence electrons. The van der Waals surface area contributed by atoms with Crippen LogP contribution < -0.4 is 9.80 Å². The molecule has 0 amide bonds. The standard InChI is InChI=1S/C20H23N5O5/c26-25(27)20-17(23-7-1-2-8-23)11-16(18-19(20)22-30-21-18)24(12-14-5-3-9-28-14)13-15-6-4-10-29-15/h3,5,9,11,15H,1-2,4,6-8,10,12-13H2. The first-order valence-corrected chi connectivity index (χ1v) is 10.3. The van der Waals surface area contributed by atoms with E-state index >= 15 is 0 Å². The molecule has 0 bridgehead atoms. The van der Waals surface area contributed by atoms with Crippen LogP contribution in [0.1, 0.15) is 31.4 Å². The van der Waals surface area contributed by atoms with Gasteiger partial charge in [-0.3, -0.25) is 10.1 Å². The summed E-state index contributed by atoms with van der Waals surface area (Å²) in [5.74, 6) is 0.790. The van der Waals surface area contributed by atoms with E-state index in [1.165, 1.54) is 0 Å². The minimum absolute atomic E-state index is 0.0491. The van der Waals surface area contributed by atoms with Crippen LogP contribution in [0.2, 0.25) is 0 Å². The van der Waals surface area contributed by atoms with Crippen molar-refractivity contribution in [1.29, 1.82) is 0 Å². The second kappa shape index (κ2) is 7.94. The maximum Gasteiger partial charge on any atom is 0.323 e. The van der Waals surface area contributed by atoms with Crippen molar-refractivity contribution in [2.45, 2.75) is 38.3 Å². The Morgan fingerprint density at radius 2 is 2.07 bits per heavy atom. The minimum atomic E-state index is -0.388. The molecule has 1 atom stereocenters. The van der Waals surface area contributed by atoms with Crippen molar-refractivity contribution in [1.82, 2.24) is 10.3 Å². The van der Waals surface area contributed by atoms with E-state index in [0.29, 0.717) is 24.3 Å². The predicted molar refractivity (Wildman–Crippen MR) is 109 cm³/mol. The number of ether oxygens (including phenoxy) is 1. The van der Waals surface area contributed by atoms with Crippen LogP contribution in [0.4, 0.5) is 17.1 Å². The van der Waals surface area contributed by atoms with E-state index < -0.39 is 0 Å². The third-order valence-electron chi connectivity index (χ3n) is 5.82. The number of benzene rings is 1. The van der Waals surface area contributed by atoms with Crippen molar-refractivity contribution in [3.63, 3.8) is 0 Å². The summed E-state index contributed by atoms with van der Waals surface area (Å²) in [6.45, 7) is 3.42. The largest absolute Gasteiger partial charge is 0.467 e. The molecule has 10 heteroatoms. The van der Waals surface area contributed by atoms with Gasteiger partial charge in [-0.25, -0.2) is 4.63 Å². The fourth-order valence-electron chi connectivity index (χ4n) is 4.39. The molecule has 5 rings (SSSR count). The lowest BCUT2D eigenvalue weighted by Gasteiger charge is -2.28. The van der Waals surface area contributed by atoms with Gasteiger partial charge in [0.1, 0.15) is 11.4 Å². The lowest BCUT2D eigenvalue weighted by Crippen LogP contribution is -2.32. The highest BCUT2D eigenvalue weighted by Crippen LogP contribution is 2.42. The third-order valence-corrected chi connectivity index (χ3v) is 5.82. The number of nitro benzene ring substituents is 1. The van der Waals surface area contributed by atoms with Crippen LogP contribution in [0.5, 0.6) is 0 Å². The molecule has 0 aliphatic carbocycles. The molecule has 0 saturated carbocycles. The molecule has 2 aliphatic heterocycles. The van der Waals surface area contributed by atoms with Crippen molar-refractivity contribution in [3.8, 4) is 0 Å². The van der Waals surface area contributed by atoms with Gasteiger partial charge in [0.15, 0.2) is 5.52 Å². The van der Waals surface area contributed by atoms with Crippen molar-refractivity contribution < 1.29 is 18.7 Å². The van der Waals surface area contributed by atoms with Crippen molar-refractivity contribution in [2.24, 2.45) is 0 Å². The summed E-state index contributed by atoms with van der Waals surface area (Å²) < 4.78 is 16.4. The number of nitro groups is 1. The topological polar surface area (TPSA) is 111 Å². The zero-order valence-corrected chi connectivity index (χ0v) is 16.5. The summed E-state index contributed by atoms with van der Waals surface area (Å²) in [6, 6.07) is 5.61.